The molecular formula is C17H11ClFN3O. The van der Waals surface area contributed by atoms with Gasteiger partial charge in [-0.3, -0.25) is 14.8 Å². The summed E-state index contributed by atoms with van der Waals surface area (Å²) in [5.41, 5.74) is 2.24. The van der Waals surface area contributed by atoms with Crippen LogP contribution in [0.2, 0.25) is 5.02 Å². The van der Waals surface area contributed by atoms with Crippen molar-refractivity contribution in [3.05, 3.63) is 77.3 Å². The molecule has 0 unspecified atom stereocenters. The zero-order valence-corrected chi connectivity index (χ0v) is 12.6. The summed E-state index contributed by atoms with van der Waals surface area (Å²) < 4.78 is 13.1. The third-order valence-electron chi connectivity index (χ3n) is 3.13. The van der Waals surface area contributed by atoms with Crippen molar-refractivity contribution in [2.45, 2.75) is 0 Å². The minimum Gasteiger partial charge on any atom is -0.321 e. The standard InChI is InChI=1S/C17H11ClFN3O/c18-13-9-11(4-6-14(13)19)17(23)22-12-5-7-16(21-10-12)15-3-1-2-8-20-15/h1-10H,(H,22,23). The van der Waals surface area contributed by atoms with Gasteiger partial charge in [0.05, 0.1) is 28.3 Å². The number of benzene rings is 1. The van der Waals surface area contributed by atoms with Crippen molar-refractivity contribution in [2.24, 2.45) is 0 Å². The van der Waals surface area contributed by atoms with Crippen LogP contribution in [0.25, 0.3) is 11.4 Å². The van der Waals surface area contributed by atoms with Crippen molar-refractivity contribution < 1.29 is 9.18 Å². The zero-order valence-electron chi connectivity index (χ0n) is 11.8. The molecule has 0 atom stereocenters. The van der Waals surface area contributed by atoms with Crippen LogP contribution in [-0.2, 0) is 0 Å². The molecule has 0 radical (unpaired) electrons. The molecule has 0 saturated carbocycles. The minimum absolute atomic E-state index is 0.0960. The Morgan fingerprint density at radius 3 is 2.52 bits per heavy atom. The van der Waals surface area contributed by atoms with E-state index < -0.39 is 5.82 Å². The van der Waals surface area contributed by atoms with Crippen LogP contribution in [0.3, 0.4) is 0 Å². The Bertz CT molecular complexity index is 838. The molecule has 0 fully saturated rings. The fourth-order valence-electron chi connectivity index (χ4n) is 1.97. The van der Waals surface area contributed by atoms with Crippen LogP contribution in [0.1, 0.15) is 10.4 Å². The second-order valence-corrected chi connectivity index (χ2v) is 5.14. The Hall–Kier alpha value is -2.79. The smallest absolute Gasteiger partial charge is 0.255 e. The highest BCUT2D eigenvalue weighted by Gasteiger charge is 2.09. The highest BCUT2D eigenvalue weighted by atomic mass is 35.5. The molecule has 0 saturated heterocycles. The fourth-order valence-corrected chi connectivity index (χ4v) is 2.15. The summed E-state index contributed by atoms with van der Waals surface area (Å²) in [4.78, 5) is 20.6. The van der Waals surface area contributed by atoms with Gasteiger partial charge in [0, 0.05) is 11.8 Å². The molecule has 1 N–H and O–H groups in total. The summed E-state index contributed by atoms with van der Waals surface area (Å²) in [6.07, 6.45) is 3.22. The molecule has 0 spiro atoms. The Balaban J connectivity index is 1.75. The maximum atomic E-state index is 13.1. The quantitative estimate of drug-likeness (QED) is 0.784. The fraction of sp³-hybridized carbons (Fsp3) is 0. The number of carbonyl (C=O) groups is 1. The second kappa shape index (κ2) is 6.54. The Morgan fingerprint density at radius 2 is 1.87 bits per heavy atom. The van der Waals surface area contributed by atoms with Crippen molar-refractivity contribution in [2.75, 3.05) is 5.32 Å². The number of hydrogen-bond donors (Lipinski definition) is 1. The molecule has 4 nitrogen and oxygen atoms in total. The van der Waals surface area contributed by atoms with Crippen LogP contribution >= 0.6 is 11.6 Å². The van der Waals surface area contributed by atoms with E-state index in [-0.39, 0.29) is 16.5 Å². The number of hydrogen-bond acceptors (Lipinski definition) is 3. The van der Waals surface area contributed by atoms with Gasteiger partial charge in [-0.15, -0.1) is 0 Å². The first-order valence-electron chi connectivity index (χ1n) is 6.77. The molecule has 0 aliphatic heterocycles. The largest absolute Gasteiger partial charge is 0.321 e. The number of rotatable bonds is 3. The molecule has 1 aromatic carbocycles. The lowest BCUT2D eigenvalue weighted by Gasteiger charge is -2.06. The van der Waals surface area contributed by atoms with Gasteiger partial charge >= 0.3 is 0 Å². The van der Waals surface area contributed by atoms with E-state index in [4.69, 9.17) is 11.6 Å². The highest BCUT2D eigenvalue weighted by Crippen LogP contribution is 2.19. The average molecular weight is 328 g/mol. The Morgan fingerprint density at radius 1 is 1.04 bits per heavy atom. The molecule has 114 valence electrons. The van der Waals surface area contributed by atoms with Gasteiger partial charge in [0.25, 0.3) is 5.91 Å². The van der Waals surface area contributed by atoms with Crippen LogP contribution in [-0.4, -0.2) is 15.9 Å². The van der Waals surface area contributed by atoms with E-state index in [1.165, 1.54) is 18.3 Å². The molecule has 1 amide bonds. The van der Waals surface area contributed by atoms with E-state index in [2.05, 4.69) is 15.3 Å². The lowest BCUT2D eigenvalue weighted by Crippen LogP contribution is -2.12. The van der Waals surface area contributed by atoms with E-state index in [0.717, 1.165) is 11.8 Å². The molecule has 3 aromatic rings. The summed E-state index contributed by atoms with van der Waals surface area (Å²) in [6.45, 7) is 0. The predicted molar refractivity (Wildman–Crippen MR) is 86.8 cm³/mol. The third kappa shape index (κ3) is 3.52. The maximum absolute atomic E-state index is 13.1. The van der Waals surface area contributed by atoms with Gasteiger partial charge < -0.3 is 5.32 Å². The molecule has 0 aliphatic rings. The number of halogens is 2. The normalized spacial score (nSPS) is 10.3. The van der Waals surface area contributed by atoms with Gasteiger partial charge in [-0.2, -0.15) is 0 Å². The number of carbonyl (C=O) groups excluding carboxylic acids is 1. The van der Waals surface area contributed by atoms with Crippen LogP contribution in [0.15, 0.2) is 60.9 Å². The van der Waals surface area contributed by atoms with Crippen molar-refractivity contribution in [1.29, 1.82) is 0 Å². The zero-order chi connectivity index (χ0) is 16.2. The SMILES string of the molecule is O=C(Nc1ccc(-c2ccccn2)nc1)c1ccc(F)c(Cl)c1. The predicted octanol–water partition coefficient (Wildman–Crippen LogP) is 4.19. The Labute approximate surface area is 137 Å². The van der Waals surface area contributed by atoms with Crippen LogP contribution in [0.4, 0.5) is 10.1 Å². The van der Waals surface area contributed by atoms with E-state index in [1.54, 1.807) is 18.3 Å². The van der Waals surface area contributed by atoms with Gasteiger partial charge in [0.1, 0.15) is 5.82 Å². The first-order valence-corrected chi connectivity index (χ1v) is 7.15. The summed E-state index contributed by atoms with van der Waals surface area (Å²) >= 11 is 5.68. The number of nitrogens with one attached hydrogen (secondary N) is 1. The maximum Gasteiger partial charge on any atom is 0.255 e. The summed E-state index contributed by atoms with van der Waals surface area (Å²) in [5.74, 6) is -0.955. The molecule has 3 rings (SSSR count). The number of amides is 1. The highest BCUT2D eigenvalue weighted by molar-refractivity contribution is 6.31. The van der Waals surface area contributed by atoms with Crippen LogP contribution in [0.5, 0.6) is 0 Å². The van der Waals surface area contributed by atoms with E-state index in [9.17, 15) is 9.18 Å². The van der Waals surface area contributed by atoms with Gasteiger partial charge in [-0.25, -0.2) is 4.39 Å². The van der Waals surface area contributed by atoms with E-state index >= 15 is 0 Å². The van der Waals surface area contributed by atoms with Crippen molar-refractivity contribution >= 4 is 23.2 Å². The monoisotopic (exact) mass is 327 g/mol. The molecule has 6 heteroatoms. The molecular weight excluding hydrogens is 317 g/mol. The van der Waals surface area contributed by atoms with Gasteiger partial charge in [-0.05, 0) is 42.5 Å². The lowest BCUT2D eigenvalue weighted by molar-refractivity contribution is 0.102. The first-order chi connectivity index (χ1) is 11.1. The number of nitrogens with zero attached hydrogens (tertiary/aromatic N) is 2. The molecule has 0 aliphatic carbocycles. The minimum atomic E-state index is -0.565. The second-order valence-electron chi connectivity index (χ2n) is 4.73. The van der Waals surface area contributed by atoms with Gasteiger partial charge in [0.2, 0.25) is 0 Å². The molecule has 2 aromatic heterocycles. The number of pyridine rings is 2. The van der Waals surface area contributed by atoms with Crippen molar-refractivity contribution in [3.8, 4) is 11.4 Å². The Kier molecular flexibility index (Phi) is 4.30. The van der Waals surface area contributed by atoms with E-state index in [0.29, 0.717) is 11.4 Å². The molecule has 23 heavy (non-hydrogen) atoms. The van der Waals surface area contributed by atoms with Crippen molar-refractivity contribution in [1.82, 2.24) is 9.97 Å². The summed E-state index contributed by atoms with van der Waals surface area (Å²) in [5, 5.41) is 2.58. The van der Waals surface area contributed by atoms with Crippen LogP contribution in [0, 0.1) is 5.82 Å². The van der Waals surface area contributed by atoms with Crippen molar-refractivity contribution in [3.63, 3.8) is 0 Å². The van der Waals surface area contributed by atoms with E-state index in [1.807, 2.05) is 18.2 Å². The van der Waals surface area contributed by atoms with Crippen LogP contribution < -0.4 is 5.32 Å². The summed E-state index contributed by atoms with van der Waals surface area (Å²) in [7, 11) is 0. The summed E-state index contributed by atoms with van der Waals surface area (Å²) in [6, 6.07) is 12.8. The first kappa shape index (κ1) is 15.1. The number of anilines is 1. The molecule has 0 bridgehead atoms. The van der Waals surface area contributed by atoms with Gasteiger partial charge in [-0.1, -0.05) is 17.7 Å². The number of aromatic nitrogens is 2. The lowest BCUT2D eigenvalue weighted by atomic mass is 10.2. The average Bonchev–Trinajstić information content (AvgIpc) is 2.59. The van der Waals surface area contributed by atoms with Gasteiger partial charge in [0.15, 0.2) is 0 Å². The third-order valence-corrected chi connectivity index (χ3v) is 3.42. The molecule has 2 heterocycles. The topological polar surface area (TPSA) is 54.9 Å².